The van der Waals surface area contributed by atoms with Crippen LogP contribution in [-0.2, 0) is 17.1 Å². The van der Waals surface area contributed by atoms with E-state index < -0.39 is 23.5 Å². The summed E-state index contributed by atoms with van der Waals surface area (Å²) in [6.07, 6.45) is -3.79. The summed E-state index contributed by atoms with van der Waals surface area (Å²) in [6.45, 7) is 4.31. The first-order valence-corrected chi connectivity index (χ1v) is 12.4. The van der Waals surface area contributed by atoms with Gasteiger partial charge in [0.05, 0.1) is 17.2 Å². The van der Waals surface area contributed by atoms with E-state index >= 15 is 0 Å². The van der Waals surface area contributed by atoms with Crippen LogP contribution in [0.25, 0.3) is 0 Å². The van der Waals surface area contributed by atoms with E-state index in [4.69, 9.17) is 4.74 Å². The minimum Gasteiger partial charge on any atom is -0.475 e. The lowest BCUT2D eigenvalue weighted by Crippen LogP contribution is -2.17. The molecule has 0 aliphatic carbocycles. The second kappa shape index (κ2) is 11.1. The van der Waals surface area contributed by atoms with Gasteiger partial charge in [0.15, 0.2) is 0 Å². The Morgan fingerprint density at radius 1 is 0.941 bits per heavy atom. The predicted molar refractivity (Wildman–Crippen MR) is 124 cm³/mol. The number of ether oxygens (including phenoxy) is 1. The van der Waals surface area contributed by atoms with Crippen LogP contribution in [-0.4, -0.2) is 18.5 Å². The number of hydrogen-bond donors (Lipinski definition) is 0. The van der Waals surface area contributed by atoms with E-state index in [0.717, 1.165) is 56.4 Å². The number of halogens is 6. The van der Waals surface area contributed by atoms with Crippen molar-refractivity contribution in [3.05, 3.63) is 64.7 Å². The van der Waals surface area contributed by atoms with E-state index in [9.17, 15) is 26.3 Å². The number of hydrogen-bond acceptors (Lipinski definition) is 2. The fraction of sp³-hybridized carbons (Fsp3) is 0.480. The Balaban J connectivity index is 1.83. The molecule has 1 aliphatic heterocycles. The van der Waals surface area contributed by atoms with Gasteiger partial charge in [-0.25, -0.2) is 4.99 Å². The number of benzene rings is 2. The molecular formula is C25H28F6NOP. The highest BCUT2D eigenvalue weighted by atomic mass is 31.1. The van der Waals surface area contributed by atoms with Crippen LogP contribution in [0.5, 0.6) is 0 Å². The standard InChI is InChI=1S/C25H28F6NOP/c1-3-4-5-6-7-20-15-33-23(32-20)21-14-19(25(29,30)31)12-13-22(21)34-16(2)17-8-10-18(11-9-17)24(26,27)28/h8-14,16,20,34H,3-7,15H2,1-2H3/t16?,20-/m0/s1. The average Bonchev–Trinajstić information content (AvgIpc) is 3.24. The summed E-state index contributed by atoms with van der Waals surface area (Å²) in [6, 6.07) is 8.33. The van der Waals surface area contributed by atoms with Crippen LogP contribution in [0.3, 0.4) is 0 Å². The molecule has 0 spiro atoms. The molecule has 0 aromatic heterocycles. The van der Waals surface area contributed by atoms with Gasteiger partial charge in [-0.2, -0.15) is 26.3 Å². The smallest absolute Gasteiger partial charge is 0.416 e. The van der Waals surface area contributed by atoms with E-state index in [2.05, 4.69) is 11.9 Å². The van der Waals surface area contributed by atoms with Crippen molar-refractivity contribution in [1.29, 1.82) is 0 Å². The molecule has 3 rings (SSSR count). The molecule has 1 heterocycles. The summed E-state index contributed by atoms with van der Waals surface area (Å²) in [5.74, 6) is 0.216. The first kappa shape index (κ1) is 26.5. The van der Waals surface area contributed by atoms with Gasteiger partial charge in [-0.15, -0.1) is 0 Å². The van der Waals surface area contributed by atoms with Crippen LogP contribution in [0.4, 0.5) is 26.3 Å². The second-order valence-electron chi connectivity index (χ2n) is 8.49. The van der Waals surface area contributed by atoms with Crippen LogP contribution in [0.15, 0.2) is 47.5 Å². The highest BCUT2D eigenvalue weighted by Gasteiger charge is 2.33. The highest BCUT2D eigenvalue weighted by Crippen LogP contribution is 2.38. The zero-order valence-electron chi connectivity index (χ0n) is 19.1. The Kier molecular flexibility index (Phi) is 8.66. The molecule has 2 nitrogen and oxygen atoms in total. The third kappa shape index (κ3) is 6.97. The lowest BCUT2D eigenvalue weighted by molar-refractivity contribution is -0.138. The predicted octanol–water partition coefficient (Wildman–Crippen LogP) is 7.91. The van der Waals surface area contributed by atoms with Gasteiger partial charge in [-0.3, -0.25) is 0 Å². The first-order valence-electron chi connectivity index (χ1n) is 11.3. The molecule has 0 bridgehead atoms. The van der Waals surface area contributed by atoms with Crippen molar-refractivity contribution in [3.8, 4) is 0 Å². The van der Waals surface area contributed by atoms with E-state index in [1.165, 1.54) is 18.2 Å². The van der Waals surface area contributed by atoms with Crippen molar-refractivity contribution in [1.82, 2.24) is 0 Å². The van der Waals surface area contributed by atoms with Crippen LogP contribution < -0.4 is 5.30 Å². The largest absolute Gasteiger partial charge is 0.475 e. The minimum absolute atomic E-state index is 0.0279. The minimum atomic E-state index is -4.51. The Hall–Kier alpha value is -2.08. The number of aliphatic imine (C=N–C) groups is 1. The summed E-state index contributed by atoms with van der Waals surface area (Å²) < 4.78 is 84.5. The van der Waals surface area contributed by atoms with Gasteiger partial charge in [0.1, 0.15) is 6.61 Å². The fourth-order valence-electron chi connectivity index (χ4n) is 3.82. The summed E-state index contributed by atoms with van der Waals surface area (Å²) in [4.78, 5) is 4.56. The van der Waals surface area contributed by atoms with Gasteiger partial charge in [0.2, 0.25) is 5.90 Å². The maximum absolute atomic E-state index is 13.4. The van der Waals surface area contributed by atoms with Crippen molar-refractivity contribution in [2.24, 2.45) is 4.99 Å². The van der Waals surface area contributed by atoms with E-state index in [0.29, 0.717) is 23.0 Å². The molecule has 3 atom stereocenters. The third-order valence-electron chi connectivity index (χ3n) is 5.79. The lowest BCUT2D eigenvalue weighted by atomic mass is 10.1. The Morgan fingerprint density at radius 3 is 2.21 bits per heavy atom. The van der Waals surface area contributed by atoms with E-state index in [1.54, 1.807) is 0 Å². The van der Waals surface area contributed by atoms with Gasteiger partial charge < -0.3 is 4.74 Å². The van der Waals surface area contributed by atoms with Crippen molar-refractivity contribution >= 4 is 19.8 Å². The number of unbranched alkanes of at least 4 members (excludes halogenated alkanes) is 3. The normalized spacial score (nSPS) is 17.8. The molecule has 0 radical (unpaired) electrons. The monoisotopic (exact) mass is 503 g/mol. The zero-order chi connectivity index (χ0) is 24.9. The molecule has 2 aromatic rings. The Morgan fingerprint density at radius 2 is 1.59 bits per heavy atom. The van der Waals surface area contributed by atoms with Gasteiger partial charge in [-0.05, 0) is 41.6 Å². The quantitative estimate of drug-likeness (QED) is 0.194. The zero-order valence-corrected chi connectivity index (χ0v) is 20.1. The highest BCUT2D eigenvalue weighted by molar-refractivity contribution is 7.47. The van der Waals surface area contributed by atoms with Crippen LogP contribution in [0.2, 0.25) is 0 Å². The number of alkyl halides is 6. The Bertz CT molecular complexity index is 984. The van der Waals surface area contributed by atoms with Gasteiger partial charge in [0.25, 0.3) is 0 Å². The maximum Gasteiger partial charge on any atom is 0.416 e. The van der Waals surface area contributed by atoms with Crippen LogP contribution in [0.1, 0.15) is 73.9 Å². The van der Waals surface area contributed by atoms with Crippen LogP contribution in [0, 0.1) is 0 Å². The van der Waals surface area contributed by atoms with E-state index in [1.807, 2.05) is 6.92 Å². The van der Waals surface area contributed by atoms with Gasteiger partial charge in [0, 0.05) is 11.2 Å². The SMILES string of the molecule is CCCCCC[C@H]1COC(c2cc(C(F)(F)F)ccc2PC(C)c2ccc(C(F)(F)F)cc2)=N1. The van der Waals surface area contributed by atoms with Crippen molar-refractivity contribution < 1.29 is 31.1 Å². The maximum atomic E-state index is 13.4. The van der Waals surface area contributed by atoms with E-state index in [-0.39, 0.29) is 26.2 Å². The topological polar surface area (TPSA) is 21.6 Å². The van der Waals surface area contributed by atoms with Crippen molar-refractivity contribution in [3.63, 3.8) is 0 Å². The van der Waals surface area contributed by atoms with Gasteiger partial charge in [-0.1, -0.05) is 66.3 Å². The van der Waals surface area contributed by atoms with Crippen molar-refractivity contribution in [2.45, 2.75) is 70.0 Å². The molecule has 0 amide bonds. The Labute approximate surface area is 197 Å². The molecule has 186 valence electrons. The summed E-state index contributed by atoms with van der Waals surface area (Å²) in [5, 5.41) is 0.644. The fourth-order valence-corrected chi connectivity index (χ4v) is 5.16. The molecule has 1 aliphatic rings. The molecule has 0 fully saturated rings. The van der Waals surface area contributed by atoms with Crippen molar-refractivity contribution in [2.75, 3.05) is 6.61 Å². The molecule has 34 heavy (non-hydrogen) atoms. The molecule has 9 heteroatoms. The molecule has 2 aromatic carbocycles. The molecule has 0 saturated carbocycles. The summed E-state index contributed by atoms with van der Waals surface area (Å²) in [5.41, 5.74) is -0.718. The molecule has 0 saturated heterocycles. The average molecular weight is 503 g/mol. The summed E-state index contributed by atoms with van der Waals surface area (Å²) in [7, 11) is 0.0279. The first-order chi connectivity index (χ1) is 16.0. The molecule has 2 unspecified atom stereocenters. The number of rotatable bonds is 9. The van der Waals surface area contributed by atoms with Crippen LogP contribution >= 0.6 is 8.58 Å². The molecule has 0 N–H and O–H groups in total. The van der Waals surface area contributed by atoms with Gasteiger partial charge >= 0.3 is 12.4 Å². The number of nitrogens with zero attached hydrogens (tertiary/aromatic N) is 1. The molecular weight excluding hydrogens is 475 g/mol. The second-order valence-corrected chi connectivity index (χ2v) is 10.2. The summed E-state index contributed by atoms with van der Waals surface area (Å²) >= 11 is 0. The lowest BCUT2D eigenvalue weighted by Gasteiger charge is -2.18. The third-order valence-corrected chi connectivity index (χ3v) is 7.30.